The van der Waals surface area contributed by atoms with Crippen molar-refractivity contribution in [1.82, 2.24) is 5.32 Å². The van der Waals surface area contributed by atoms with Gasteiger partial charge in [-0.1, -0.05) is 6.92 Å². The highest BCUT2D eigenvalue weighted by molar-refractivity contribution is 5.77. The van der Waals surface area contributed by atoms with E-state index in [0.717, 1.165) is 6.42 Å². The third-order valence-electron chi connectivity index (χ3n) is 2.03. The van der Waals surface area contributed by atoms with Crippen LogP contribution >= 0.6 is 0 Å². The number of carbonyl (C=O) groups is 2. The largest absolute Gasteiger partial charge is 0.481 e. The number of carboxylic acid groups (broad SMARTS) is 1. The van der Waals surface area contributed by atoms with Crippen LogP contribution < -0.4 is 5.32 Å². The molecule has 0 aliphatic rings. The third kappa shape index (κ3) is 8.23. The highest BCUT2D eigenvalue weighted by Crippen LogP contribution is 2.01. The lowest BCUT2D eigenvalue weighted by atomic mass is 10.1. The van der Waals surface area contributed by atoms with Crippen LogP contribution in [0.3, 0.4) is 0 Å². The molecule has 0 aliphatic heterocycles. The van der Waals surface area contributed by atoms with E-state index in [9.17, 15) is 9.59 Å². The summed E-state index contributed by atoms with van der Waals surface area (Å²) in [5, 5.41) is 11.5. The Morgan fingerprint density at radius 3 is 2.25 bits per heavy atom. The van der Waals surface area contributed by atoms with E-state index in [1.54, 1.807) is 0 Å². The molecule has 0 aromatic rings. The molecule has 0 radical (unpaired) electrons. The molecular weight excluding hydrogens is 208 g/mol. The molecule has 0 bridgehead atoms. The van der Waals surface area contributed by atoms with Crippen LogP contribution in [0.2, 0.25) is 0 Å². The number of quaternary nitrogens is 1. The summed E-state index contributed by atoms with van der Waals surface area (Å²) in [5.41, 5.74) is 0. The Bertz CT molecular complexity index is 246. The Morgan fingerprint density at radius 2 is 1.88 bits per heavy atom. The quantitative estimate of drug-likeness (QED) is 0.625. The molecule has 5 nitrogen and oxygen atoms in total. The minimum Gasteiger partial charge on any atom is -0.481 e. The van der Waals surface area contributed by atoms with E-state index in [-0.39, 0.29) is 18.4 Å². The summed E-state index contributed by atoms with van der Waals surface area (Å²) in [6.45, 7) is 2.54. The van der Waals surface area contributed by atoms with E-state index in [4.69, 9.17) is 5.11 Å². The zero-order valence-electron chi connectivity index (χ0n) is 10.6. The van der Waals surface area contributed by atoms with Crippen LogP contribution in [-0.4, -0.2) is 55.2 Å². The first kappa shape index (κ1) is 14.9. The molecule has 0 spiro atoms. The number of aliphatic carboxylic acids is 1. The molecule has 0 aliphatic carbocycles. The van der Waals surface area contributed by atoms with Gasteiger partial charge < -0.3 is 14.9 Å². The smallest absolute Gasteiger partial charge is 0.305 e. The lowest BCUT2D eigenvalue weighted by Gasteiger charge is -2.29. The van der Waals surface area contributed by atoms with E-state index >= 15 is 0 Å². The van der Waals surface area contributed by atoms with Gasteiger partial charge >= 0.3 is 5.97 Å². The Labute approximate surface area is 97.0 Å². The summed E-state index contributed by atoms with van der Waals surface area (Å²) in [7, 11) is 5.92. The number of carbonyl (C=O) groups excluding carboxylic acids is 1. The monoisotopic (exact) mass is 231 g/mol. The van der Waals surface area contributed by atoms with Crippen molar-refractivity contribution < 1.29 is 19.2 Å². The Kier molecular flexibility index (Phi) is 6.03. The summed E-state index contributed by atoms with van der Waals surface area (Å²) in [6, 6.07) is -0.295. The summed E-state index contributed by atoms with van der Waals surface area (Å²) < 4.78 is 0.629. The maximum absolute atomic E-state index is 11.4. The second-order valence-electron chi connectivity index (χ2n) is 5.09. The average molecular weight is 231 g/mol. The fourth-order valence-electron chi connectivity index (χ4n) is 1.56. The molecule has 1 atom stereocenters. The fourth-order valence-corrected chi connectivity index (χ4v) is 1.56. The molecule has 0 unspecified atom stereocenters. The van der Waals surface area contributed by atoms with Crippen molar-refractivity contribution in [3.63, 3.8) is 0 Å². The normalized spacial score (nSPS) is 13.2. The number of rotatable bonds is 7. The number of amides is 1. The Hall–Kier alpha value is -1.10. The molecule has 0 rings (SSSR count). The molecule has 0 fully saturated rings. The molecular formula is C11H23N2O3+. The summed E-state index contributed by atoms with van der Waals surface area (Å²) >= 11 is 0. The molecule has 16 heavy (non-hydrogen) atoms. The van der Waals surface area contributed by atoms with Gasteiger partial charge in [0, 0.05) is 6.42 Å². The van der Waals surface area contributed by atoms with Crippen molar-refractivity contribution in [1.29, 1.82) is 0 Å². The van der Waals surface area contributed by atoms with Crippen LogP contribution in [0.5, 0.6) is 0 Å². The first-order chi connectivity index (χ1) is 7.24. The van der Waals surface area contributed by atoms with Crippen LogP contribution in [-0.2, 0) is 9.59 Å². The van der Waals surface area contributed by atoms with Crippen LogP contribution in [0.15, 0.2) is 0 Å². The SMILES string of the molecule is CCCC(=O)N[C@H](CC(=O)O)C[N+](C)(C)C. The van der Waals surface area contributed by atoms with Crippen molar-refractivity contribution in [2.75, 3.05) is 27.7 Å². The number of carboxylic acids is 1. The zero-order chi connectivity index (χ0) is 12.8. The minimum absolute atomic E-state index is 0.0228. The van der Waals surface area contributed by atoms with Crippen LogP contribution in [0.25, 0.3) is 0 Å². The number of nitrogens with one attached hydrogen (secondary N) is 1. The fraction of sp³-hybridized carbons (Fsp3) is 0.818. The molecule has 94 valence electrons. The Morgan fingerprint density at radius 1 is 1.31 bits per heavy atom. The molecule has 0 aromatic heterocycles. The molecule has 1 amide bonds. The third-order valence-corrected chi connectivity index (χ3v) is 2.03. The van der Waals surface area contributed by atoms with Crippen molar-refractivity contribution in [2.24, 2.45) is 0 Å². The highest BCUT2D eigenvalue weighted by Gasteiger charge is 2.22. The standard InChI is InChI=1S/C11H22N2O3/c1-5-6-10(14)12-9(7-11(15)16)8-13(2,3)4/h9H,5-8H2,1-4H3,(H-,12,14,15,16)/p+1/t9-/m1/s1. The van der Waals surface area contributed by atoms with Gasteiger partial charge in [-0.2, -0.15) is 0 Å². The first-order valence-corrected chi connectivity index (χ1v) is 5.56. The van der Waals surface area contributed by atoms with Crippen LogP contribution in [0, 0.1) is 0 Å². The number of nitrogens with zero attached hydrogens (tertiary/aromatic N) is 1. The van der Waals surface area contributed by atoms with Crippen LogP contribution in [0.4, 0.5) is 0 Å². The van der Waals surface area contributed by atoms with Crippen molar-refractivity contribution in [3.8, 4) is 0 Å². The van der Waals surface area contributed by atoms with Crippen molar-refractivity contribution >= 4 is 11.9 Å². The summed E-state index contributed by atoms with van der Waals surface area (Å²) in [6.07, 6.45) is 1.20. The predicted octanol–water partition coefficient (Wildman–Crippen LogP) is 0.452. The van der Waals surface area contributed by atoms with E-state index in [1.165, 1.54) is 0 Å². The molecule has 0 aromatic carbocycles. The van der Waals surface area contributed by atoms with E-state index in [0.29, 0.717) is 17.4 Å². The van der Waals surface area contributed by atoms with Crippen molar-refractivity contribution in [2.45, 2.75) is 32.2 Å². The number of likely N-dealkylation sites (N-methyl/N-ethyl adjacent to an activating group) is 1. The van der Waals surface area contributed by atoms with Gasteiger partial charge in [-0.25, -0.2) is 0 Å². The van der Waals surface area contributed by atoms with Gasteiger partial charge in [-0.05, 0) is 6.42 Å². The van der Waals surface area contributed by atoms with Gasteiger partial charge in [0.15, 0.2) is 0 Å². The average Bonchev–Trinajstić information content (AvgIpc) is 1.98. The summed E-state index contributed by atoms with van der Waals surface area (Å²) in [5.74, 6) is -0.947. The van der Waals surface area contributed by atoms with Gasteiger partial charge in [-0.3, -0.25) is 9.59 Å². The highest BCUT2D eigenvalue weighted by atomic mass is 16.4. The van der Waals surface area contributed by atoms with E-state index in [1.807, 2.05) is 28.1 Å². The van der Waals surface area contributed by atoms with Gasteiger partial charge in [0.1, 0.15) is 0 Å². The van der Waals surface area contributed by atoms with Gasteiger partial charge in [0.25, 0.3) is 0 Å². The van der Waals surface area contributed by atoms with Gasteiger partial charge in [-0.15, -0.1) is 0 Å². The second kappa shape index (κ2) is 6.48. The van der Waals surface area contributed by atoms with E-state index in [2.05, 4.69) is 5.32 Å². The maximum atomic E-state index is 11.4. The summed E-state index contributed by atoms with van der Waals surface area (Å²) in [4.78, 5) is 22.1. The lowest BCUT2D eigenvalue weighted by molar-refractivity contribution is -0.871. The lowest BCUT2D eigenvalue weighted by Crippen LogP contribution is -2.49. The van der Waals surface area contributed by atoms with Crippen LogP contribution in [0.1, 0.15) is 26.2 Å². The molecule has 5 heteroatoms. The number of hydrogen-bond donors (Lipinski definition) is 2. The molecule has 0 saturated carbocycles. The molecule has 0 heterocycles. The van der Waals surface area contributed by atoms with Gasteiger partial charge in [0.05, 0.1) is 40.2 Å². The predicted molar refractivity (Wildman–Crippen MR) is 62.0 cm³/mol. The second-order valence-corrected chi connectivity index (χ2v) is 5.09. The number of hydrogen-bond acceptors (Lipinski definition) is 2. The maximum Gasteiger partial charge on any atom is 0.305 e. The van der Waals surface area contributed by atoms with Gasteiger partial charge in [0.2, 0.25) is 5.91 Å². The zero-order valence-corrected chi connectivity index (χ0v) is 10.6. The topological polar surface area (TPSA) is 66.4 Å². The van der Waals surface area contributed by atoms with E-state index < -0.39 is 5.97 Å². The molecule has 2 N–H and O–H groups in total. The molecule has 0 saturated heterocycles. The minimum atomic E-state index is -0.879. The van der Waals surface area contributed by atoms with Crippen molar-refractivity contribution in [3.05, 3.63) is 0 Å². The Balaban J connectivity index is 4.31. The first-order valence-electron chi connectivity index (χ1n) is 5.56.